The summed E-state index contributed by atoms with van der Waals surface area (Å²) in [6, 6.07) is 11.8. The minimum Gasteiger partial charge on any atom is -0.495 e. The number of hydrogen-bond acceptors (Lipinski definition) is 4. The summed E-state index contributed by atoms with van der Waals surface area (Å²) < 4.78 is 24.5. The highest BCUT2D eigenvalue weighted by molar-refractivity contribution is 5.58. The number of rotatable bonds is 5. The van der Waals surface area contributed by atoms with Gasteiger partial charge in [0.1, 0.15) is 16.9 Å². The van der Waals surface area contributed by atoms with Crippen molar-refractivity contribution in [2.45, 2.75) is 26.4 Å². The summed E-state index contributed by atoms with van der Waals surface area (Å²) in [5, 5.41) is 0.563. The Hall–Kier alpha value is -3.94. The standard InChI is InChI=1S/C25H24FN5O2/c1-16-14-29(15-28-16)21-9-4-18(13-23(21)33-3)12-22-24(32)31(25-27-10-11-30(22)25)17(2)19-5-7-20(26)8-6-19/h4-9,12-15,17H,10-11H2,1-3H3. The third-order valence-corrected chi connectivity index (χ3v) is 6.00. The van der Waals surface area contributed by atoms with Crippen molar-refractivity contribution in [3.05, 3.63) is 98.9 Å². The molecule has 0 amide bonds. The van der Waals surface area contributed by atoms with Gasteiger partial charge >= 0.3 is 0 Å². The number of methoxy groups -OCH3 is 1. The second-order valence-corrected chi connectivity index (χ2v) is 8.12. The van der Waals surface area contributed by atoms with Crippen LogP contribution in [0, 0.1) is 12.7 Å². The summed E-state index contributed by atoms with van der Waals surface area (Å²) in [6.45, 7) is 5.12. The summed E-state index contributed by atoms with van der Waals surface area (Å²) in [4.78, 5) is 22.3. The maximum absolute atomic E-state index is 13.5. The molecule has 3 heterocycles. The Balaban J connectivity index is 1.62. The monoisotopic (exact) mass is 445 g/mol. The fraction of sp³-hybridized carbons (Fsp3) is 0.240. The third-order valence-electron chi connectivity index (χ3n) is 6.00. The van der Waals surface area contributed by atoms with Crippen LogP contribution in [0.15, 0.2) is 64.8 Å². The predicted octanol–water partition coefficient (Wildman–Crippen LogP) is 2.36. The molecular formula is C25H24FN5O2. The second kappa shape index (κ2) is 8.20. The van der Waals surface area contributed by atoms with Gasteiger partial charge < -0.3 is 13.9 Å². The van der Waals surface area contributed by atoms with E-state index in [0.29, 0.717) is 29.8 Å². The molecule has 0 N–H and O–H groups in total. The lowest BCUT2D eigenvalue weighted by Crippen LogP contribution is -2.34. The molecule has 1 unspecified atom stereocenters. The molecule has 1 aliphatic heterocycles. The van der Waals surface area contributed by atoms with E-state index in [1.165, 1.54) is 12.1 Å². The first-order valence-electron chi connectivity index (χ1n) is 10.8. The van der Waals surface area contributed by atoms with E-state index in [0.717, 1.165) is 22.5 Å². The molecule has 0 saturated heterocycles. The van der Waals surface area contributed by atoms with Crippen LogP contribution in [0.25, 0.3) is 11.8 Å². The molecule has 0 fully saturated rings. The number of aromatic nitrogens is 4. The minimum absolute atomic E-state index is 0.126. The van der Waals surface area contributed by atoms with Crippen molar-refractivity contribution >= 4 is 6.08 Å². The lowest BCUT2D eigenvalue weighted by molar-refractivity contribution is 0.413. The van der Waals surface area contributed by atoms with Gasteiger partial charge in [0, 0.05) is 12.7 Å². The van der Waals surface area contributed by atoms with E-state index in [4.69, 9.17) is 4.74 Å². The normalized spacial score (nSPS) is 14.2. The zero-order valence-corrected chi connectivity index (χ0v) is 18.7. The lowest BCUT2D eigenvalue weighted by atomic mass is 10.1. The van der Waals surface area contributed by atoms with E-state index >= 15 is 0 Å². The Morgan fingerprint density at radius 3 is 2.67 bits per heavy atom. The number of aryl methyl sites for hydroxylation is 1. The molecule has 1 atom stereocenters. The number of benzene rings is 2. The largest absolute Gasteiger partial charge is 0.495 e. The smallest absolute Gasteiger partial charge is 0.277 e. The number of ether oxygens (including phenoxy) is 1. The van der Waals surface area contributed by atoms with Gasteiger partial charge in [-0.2, -0.15) is 0 Å². The Morgan fingerprint density at radius 2 is 1.97 bits per heavy atom. The van der Waals surface area contributed by atoms with Crippen LogP contribution in [0.2, 0.25) is 0 Å². The van der Waals surface area contributed by atoms with E-state index in [2.05, 4.69) is 9.98 Å². The van der Waals surface area contributed by atoms with Gasteiger partial charge in [-0.3, -0.25) is 14.4 Å². The van der Waals surface area contributed by atoms with Crippen molar-refractivity contribution in [3.63, 3.8) is 0 Å². The van der Waals surface area contributed by atoms with Crippen molar-refractivity contribution in [1.82, 2.24) is 18.7 Å². The zero-order chi connectivity index (χ0) is 23.1. The van der Waals surface area contributed by atoms with Crippen molar-refractivity contribution in [2.75, 3.05) is 13.7 Å². The highest BCUT2D eigenvalue weighted by Crippen LogP contribution is 2.25. The van der Waals surface area contributed by atoms with Gasteiger partial charge in [-0.15, -0.1) is 0 Å². The van der Waals surface area contributed by atoms with Gasteiger partial charge in [0.15, 0.2) is 0 Å². The third kappa shape index (κ3) is 3.67. The van der Waals surface area contributed by atoms with E-state index in [9.17, 15) is 9.18 Å². The summed E-state index contributed by atoms with van der Waals surface area (Å²) in [6.07, 6.45) is 5.54. The number of hydrogen-bond donors (Lipinski definition) is 0. The average Bonchev–Trinajstić information content (AvgIpc) is 3.52. The Morgan fingerprint density at radius 1 is 1.18 bits per heavy atom. The molecule has 0 saturated carbocycles. The fourth-order valence-electron chi connectivity index (χ4n) is 4.29. The molecule has 8 heteroatoms. The molecule has 4 aromatic rings. The zero-order valence-electron chi connectivity index (χ0n) is 18.7. The topological polar surface area (TPSA) is 66.3 Å². The van der Waals surface area contributed by atoms with Crippen LogP contribution in [0.1, 0.15) is 29.8 Å². The second-order valence-electron chi connectivity index (χ2n) is 8.12. The Bertz CT molecular complexity index is 1510. The van der Waals surface area contributed by atoms with Crippen LogP contribution in [-0.2, 0) is 6.54 Å². The SMILES string of the molecule is COc1cc(C=c2c(=O)n(C(C)c3ccc(F)cc3)c3n2CCN=3)ccc1-n1cnc(C)c1. The van der Waals surface area contributed by atoms with Crippen molar-refractivity contribution in [1.29, 1.82) is 0 Å². The molecule has 7 nitrogen and oxygen atoms in total. The van der Waals surface area contributed by atoms with Crippen molar-refractivity contribution in [3.8, 4) is 11.4 Å². The van der Waals surface area contributed by atoms with Gasteiger partial charge in [-0.05, 0) is 55.3 Å². The maximum atomic E-state index is 13.5. The van der Waals surface area contributed by atoms with Crippen molar-refractivity contribution in [2.24, 2.45) is 4.99 Å². The molecule has 1 aliphatic rings. The molecule has 2 aromatic carbocycles. The average molecular weight is 445 g/mol. The predicted molar refractivity (Wildman–Crippen MR) is 123 cm³/mol. The quantitative estimate of drug-likeness (QED) is 0.474. The molecule has 168 valence electrons. The van der Waals surface area contributed by atoms with Crippen LogP contribution >= 0.6 is 0 Å². The fourth-order valence-corrected chi connectivity index (χ4v) is 4.29. The maximum Gasteiger partial charge on any atom is 0.277 e. The van der Waals surface area contributed by atoms with Crippen LogP contribution in [0.3, 0.4) is 0 Å². The van der Waals surface area contributed by atoms with Gasteiger partial charge in [0.2, 0.25) is 5.62 Å². The van der Waals surface area contributed by atoms with Gasteiger partial charge in [0.25, 0.3) is 5.56 Å². The first-order valence-corrected chi connectivity index (χ1v) is 10.8. The van der Waals surface area contributed by atoms with E-state index in [1.54, 1.807) is 30.1 Å². The molecule has 33 heavy (non-hydrogen) atoms. The minimum atomic E-state index is -0.303. The summed E-state index contributed by atoms with van der Waals surface area (Å²) in [5.41, 5.74) is 3.99. The van der Waals surface area contributed by atoms with Crippen LogP contribution in [0.4, 0.5) is 4.39 Å². The molecule has 2 aromatic heterocycles. The molecule has 0 spiro atoms. The summed E-state index contributed by atoms with van der Waals surface area (Å²) >= 11 is 0. The first kappa shape index (κ1) is 20.9. The van der Waals surface area contributed by atoms with Crippen LogP contribution in [0.5, 0.6) is 5.75 Å². The number of fused-ring (bicyclic) bond motifs is 1. The number of imidazole rings is 2. The number of nitrogens with zero attached hydrogens (tertiary/aromatic N) is 5. The van der Waals surface area contributed by atoms with Crippen molar-refractivity contribution < 1.29 is 9.13 Å². The number of halogens is 1. The van der Waals surface area contributed by atoms with Gasteiger partial charge in [0.05, 0.1) is 37.4 Å². The molecule has 0 bridgehead atoms. The molecular weight excluding hydrogens is 421 g/mol. The molecule has 5 rings (SSSR count). The van der Waals surface area contributed by atoms with E-state index < -0.39 is 0 Å². The van der Waals surface area contributed by atoms with Gasteiger partial charge in [-0.1, -0.05) is 18.2 Å². The highest BCUT2D eigenvalue weighted by Gasteiger charge is 2.20. The van der Waals surface area contributed by atoms with Crippen LogP contribution < -0.4 is 21.3 Å². The molecule has 0 aliphatic carbocycles. The molecule has 0 radical (unpaired) electrons. The first-order chi connectivity index (χ1) is 16.0. The highest BCUT2D eigenvalue weighted by atomic mass is 19.1. The summed E-state index contributed by atoms with van der Waals surface area (Å²) in [7, 11) is 1.62. The van der Waals surface area contributed by atoms with Gasteiger partial charge in [-0.25, -0.2) is 9.37 Å². The Labute approximate surface area is 189 Å². The summed E-state index contributed by atoms with van der Waals surface area (Å²) in [5.74, 6) is 0.376. The van der Waals surface area contributed by atoms with Crippen LogP contribution in [-0.4, -0.2) is 32.3 Å². The lowest BCUT2D eigenvalue weighted by Gasteiger charge is -2.12. The Kier molecular flexibility index (Phi) is 5.20. The van der Waals surface area contributed by atoms with E-state index in [1.807, 2.05) is 53.5 Å². The van der Waals surface area contributed by atoms with E-state index in [-0.39, 0.29) is 17.4 Å².